The Morgan fingerprint density at radius 2 is 1.75 bits per heavy atom. The molecule has 7 heteroatoms. The molecule has 2 heterocycles. The number of likely N-dealkylation sites (tertiary alicyclic amines) is 1. The van der Waals surface area contributed by atoms with Crippen LogP contribution in [0.4, 0.5) is 11.6 Å². The van der Waals surface area contributed by atoms with Crippen LogP contribution < -0.4 is 15.6 Å². The van der Waals surface area contributed by atoms with E-state index >= 15 is 0 Å². The predicted molar refractivity (Wildman–Crippen MR) is 109 cm³/mol. The molecule has 1 aromatic heterocycles. The monoisotopic (exact) mass is 377 g/mol. The van der Waals surface area contributed by atoms with E-state index in [-0.39, 0.29) is 11.3 Å². The standard InChI is InChI=1S/C21H23N5O2/c1-28-18-10-6-16(7-11-18)19-20(27)23-21(25-24-19)22-17-8-4-15(5-9-17)14-26-12-2-3-13-26/h4-11H,2-3,12-14H2,1H3,(H2,22,23,25,27). The van der Waals surface area contributed by atoms with E-state index in [2.05, 4.69) is 37.5 Å². The van der Waals surface area contributed by atoms with E-state index in [0.717, 1.165) is 18.0 Å². The van der Waals surface area contributed by atoms with Gasteiger partial charge in [0.25, 0.3) is 5.56 Å². The van der Waals surface area contributed by atoms with Crippen LogP contribution in [0.25, 0.3) is 11.3 Å². The number of rotatable bonds is 6. The van der Waals surface area contributed by atoms with Gasteiger partial charge in [-0.2, -0.15) is 0 Å². The van der Waals surface area contributed by atoms with Gasteiger partial charge in [-0.15, -0.1) is 10.2 Å². The second-order valence-corrected chi connectivity index (χ2v) is 6.89. The van der Waals surface area contributed by atoms with Gasteiger partial charge in [0.15, 0.2) is 5.69 Å². The van der Waals surface area contributed by atoms with Crippen molar-refractivity contribution in [2.75, 3.05) is 25.5 Å². The topological polar surface area (TPSA) is 83.1 Å². The molecule has 3 aromatic rings. The van der Waals surface area contributed by atoms with Crippen molar-refractivity contribution in [2.45, 2.75) is 19.4 Å². The second-order valence-electron chi connectivity index (χ2n) is 6.89. The first-order valence-corrected chi connectivity index (χ1v) is 9.41. The van der Waals surface area contributed by atoms with Gasteiger partial charge in [-0.05, 0) is 67.9 Å². The molecule has 1 saturated heterocycles. The average molecular weight is 377 g/mol. The number of anilines is 2. The van der Waals surface area contributed by atoms with E-state index in [0.29, 0.717) is 11.5 Å². The van der Waals surface area contributed by atoms with Gasteiger partial charge in [-0.3, -0.25) is 14.7 Å². The van der Waals surface area contributed by atoms with Gasteiger partial charge >= 0.3 is 0 Å². The molecule has 4 rings (SSSR count). The van der Waals surface area contributed by atoms with Crippen LogP contribution in [-0.4, -0.2) is 40.3 Å². The Morgan fingerprint density at radius 1 is 1.04 bits per heavy atom. The number of hydrogen-bond acceptors (Lipinski definition) is 6. The fraction of sp³-hybridized carbons (Fsp3) is 0.286. The first kappa shape index (κ1) is 18.2. The van der Waals surface area contributed by atoms with Gasteiger partial charge in [-0.25, -0.2) is 0 Å². The smallest absolute Gasteiger partial charge is 0.279 e. The Balaban J connectivity index is 1.44. The third-order valence-electron chi connectivity index (χ3n) is 4.88. The highest BCUT2D eigenvalue weighted by Gasteiger charge is 2.12. The number of nitrogens with zero attached hydrogens (tertiary/aromatic N) is 3. The van der Waals surface area contributed by atoms with Gasteiger partial charge in [0, 0.05) is 17.8 Å². The molecule has 0 amide bonds. The van der Waals surface area contributed by atoms with E-state index < -0.39 is 0 Å². The lowest BCUT2D eigenvalue weighted by atomic mass is 10.1. The third-order valence-corrected chi connectivity index (χ3v) is 4.88. The number of benzene rings is 2. The molecular weight excluding hydrogens is 354 g/mol. The molecule has 0 radical (unpaired) electrons. The zero-order chi connectivity index (χ0) is 19.3. The summed E-state index contributed by atoms with van der Waals surface area (Å²) in [6.07, 6.45) is 2.58. The number of H-pyrrole nitrogens is 1. The number of aromatic amines is 1. The predicted octanol–water partition coefficient (Wildman–Crippen LogP) is 3.18. The van der Waals surface area contributed by atoms with Crippen molar-refractivity contribution in [1.82, 2.24) is 20.1 Å². The summed E-state index contributed by atoms with van der Waals surface area (Å²) in [5.74, 6) is 1.04. The van der Waals surface area contributed by atoms with Crippen molar-refractivity contribution in [2.24, 2.45) is 0 Å². The van der Waals surface area contributed by atoms with Gasteiger partial charge in [0.1, 0.15) is 5.75 Å². The molecule has 1 aliphatic heterocycles. The van der Waals surface area contributed by atoms with Crippen LogP contribution in [-0.2, 0) is 6.54 Å². The zero-order valence-corrected chi connectivity index (χ0v) is 15.8. The van der Waals surface area contributed by atoms with Gasteiger partial charge in [0.2, 0.25) is 5.95 Å². The summed E-state index contributed by atoms with van der Waals surface area (Å²) in [6.45, 7) is 3.34. The van der Waals surface area contributed by atoms with Crippen LogP contribution in [0.3, 0.4) is 0 Å². The van der Waals surface area contributed by atoms with Crippen molar-refractivity contribution >= 4 is 11.6 Å². The fourth-order valence-electron chi connectivity index (χ4n) is 3.36. The van der Waals surface area contributed by atoms with Crippen molar-refractivity contribution in [1.29, 1.82) is 0 Å². The number of aromatic nitrogens is 3. The third kappa shape index (κ3) is 4.20. The van der Waals surface area contributed by atoms with Crippen LogP contribution in [0, 0.1) is 0 Å². The molecule has 0 unspecified atom stereocenters. The van der Waals surface area contributed by atoms with Crippen molar-refractivity contribution < 1.29 is 4.74 Å². The van der Waals surface area contributed by atoms with E-state index in [1.807, 2.05) is 12.1 Å². The van der Waals surface area contributed by atoms with E-state index in [4.69, 9.17) is 4.74 Å². The first-order valence-electron chi connectivity index (χ1n) is 9.41. The Kier molecular flexibility index (Phi) is 5.34. The summed E-state index contributed by atoms with van der Waals surface area (Å²) in [5.41, 5.74) is 2.80. The Hall–Kier alpha value is -3.19. The van der Waals surface area contributed by atoms with Gasteiger partial charge in [-0.1, -0.05) is 12.1 Å². The largest absolute Gasteiger partial charge is 0.497 e. The summed E-state index contributed by atoms with van der Waals surface area (Å²) in [7, 11) is 1.60. The Morgan fingerprint density at radius 3 is 2.39 bits per heavy atom. The molecule has 0 saturated carbocycles. The molecular formula is C21H23N5O2. The lowest BCUT2D eigenvalue weighted by molar-refractivity contribution is 0.331. The van der Waals surface area contributed by atoms with E-state index in [1.54, 1.807) is 31.4 Å². The molecule has 1 fully saturated rings. The maximum atomic E-state index is 12.4. The van der Waals surface area contributed by atoms with Gasteiger partial charge in [0.05, 0.1) is 7.11 Å². The molecule has 2 aromatic carbocycles. The molecule has 0 bridgehead atoms. The molecule has 0 spiro atoms. The first-order chi connectivity index (χ1) is 13.7. The number of nitrogens with one attached hydrogen (secondary N) is 2. The highest BCUT2D eigenvalue weighted by Crippen LogP contribution is 2.19. The van der Waals surface area contributed by atoms with Crippen LogP contribution >= 0.6 is 0 Å². The number of hydrogen-bond donors (Lipinski definition) is 2. The summed E-state index contributed by atoms with van der Waals surface area (Å²) in [6, 6.07) is 15.3. The lowest BCUT2D eigenvalue weighted by Crippen LogP contribution is -2.18. The van der Waals surface area contributed by atoms with Crippen molar-refractivity contribution in [3.63, 3.8) is 0 Å². The SMILES string of the molecule is COc1ccc(-c2nnc(Nc3ccc(CN4CCCC4)cc3)[nH]c2=O)cc1. The normalized spacial score (nSPS) is 14.2. The van der Waals surface area contributed by atoms with Crippen molar-refractivity contribution in [3.05, 3.63) is 64.4 Å². The molecule has 2 N–H and O–H groups in total. The average Bonchev–Trinajstić information content (AvgIpc) is 3.23. The summed E-state index contributed by atoms with van der Waals surface area (Å²) < 4.78 is 5.13. The van der Waals surface area contributed by atoms with Crippen LogP contribution in [0.1, 0.15) is 18.4 Å². The molecule has 1 aliphatic rings. The minimum absolute atomic E-state index is 0.272. The fourth-order valence-corrected chi connectivity index (χ4v) is 3.36. The highest BCUT2D eigenvalue weighted by molar-refractivity contribution is 5.60. The highest BCUT2D eigenvalue weighted by atomic mass is 16.5. The second kappa shape index (κ2) is 8.22. The lowest BCUT2D eigenvalue weighted by Gasteiger charge is -2.14. The Labute approximate surface area is 163 Å². The van der Waals surface area contributed by atoms with Gasteiger partial charge < -0.3 is 10.1 Å². The van der Waals surface area contributed by atoms with Crippen LogP contribution in [0.2, 0.25) is 0 Å². The van der Waals surface area contributed by atoms with Crippen molar-refractivity contribution in [3.8, 4) is 17.0 Å². The van der Waals surface area contributed by atoms with Crippen LogP contribution in [0.15, 0.2) is 53.3 Å². The number of ether oxygens (including phenoxy) is 1. The quantitative estimate of drug-likeness (QED) is 0.686. The molecule has 0 atom stereocenters. The summed E-state index contributed by atoms with van der Waals surface area (Å²) in [4.78, 5) is 17.6. The molecule has 28 heavy (non-hydrogen) atoms. The molecule has 144 valence electrons. The molecule has 0 aliphatic carbocycles. The van der Waals surface area contributed by atoms with E-state index in [9.17, 15) is 4.79 Å². The maximum Gasteiger partial charge on any atom is 0.279 e. The van der Waals surface area contributed by atoms with Crippen LogP contribution in [0.5, 0.6) is 5.75 Å². The Bertz CT molecular complexity index is 977. The summed E-state index contributed by atoms with van der Waals surface area (Å²) >= 11 is 0. The number of methoxy groups -OCH3 is 1. The maximum absolute atomic E-state index is 12.4. The molecule has 7 nitrogen and oxygen atoms in total. The zero-order valence-electron chi connectivity index (χ0n) is 15.8. The minimum Gasteiger partial charge on any atom is -0.497 e. The summed E-state index contributed by atoms with van der Waals surface area (Å²) in [5, 5.41) is 11.3. The minimum atomic E-state index is -0.298. The van der Waals surface area contributed by atoms with E-state index in [1.165, 1.54) is 31.5 Å².